The summed E-state index contributed by atoms with van der Waals surface area (Å²) in [7, 11) is -4.22. The Bertz CT molecular complexity index is 496. The third-order valence-corrected chi connectivity index (χ3v) is 3.76. The van der Waals surface area contributed by atoms with Crippen LogP contribution in [0.1, 0.15) is 25.5 Å². The first-order valence-corrected chi connectivity index (χ1v) is 7.75. The van der Waals surface area contributed by atoms with Crippen molar-refractivity contribution in [3.8, 4) is 0 Å². The van der Waals surface area contributed by atoms with Crippen LogP contribution in [0.25, 0.3) is 0 Å². The van der Waals surface area contributed by atoms with E-state index in [4.69, 9.17) is 14.0 Å². The van der Waals surface area contributed by atoms with Gasteiger partial charge < -0.3 is 9.47 Å². The minimum Gasteiger partial charge on any atom is -0.343 e. The summed E-state index contributed by atoms with van der Waals surface area (Å²) >= 11 is 1.53. The number of hydrogen-bond acceptors (Lipinski definition) is 5. The summed E-state index contributed by atoms with van der Waals surface area (Å²) in [6.45, 7) is 3.49. The van der Waals surface area contributed by atoms with Crippen molar-refractivity contribution in [1.29, 1.82) is 0 Å². The molecule has 102 valence electrons. The first-order chi connectivity index (χ1) is 8.27. The zero-order valence-electron chi connectivity index (χ0n) is 9.99. The average Bonchev–Trinajstić information content (AvgIpc) is 2.80. The van der Waals surface area contributed by atoms with Crippen LogP contribution >= 0.6 is 11.3 Å². The van der Waals surface area contributed by atoms with Crippen LogP contribution in [-0.2, 0) is 19.8 Å². The van der Waals surface area contributed by atoms with Crippen molar-refractivity contribution in [2.45, 2.75) is 31.8 Å². The summed E-state index contributed by atoms with van der Waals surface area (Å²) < 4.78 is 43.5. The molecule has 8 heteroatoms. The van der Waals surface area contributed by atoms with Gasteiger partial charge in [0.05, 0.1) is 0 Å². The topological polar surface area (TPSA) is 84.9 Å². The van der Waals surface area contributed by atoms with Gasteiger partial charge in [0.1, 0.15) is 12.2 Å². The largest absolute Gasteiger partial charge is 0.343 e. The molecule has 1 aliphatic heterocycles. The molecule has 0 amide bonds. The summed E-state index contributed by atoms with van der Waals surface area (Å²) in [4.78, 5) is 0. The SMILES string of the molecule is CC1(C)OC(CNS(=O)(=O)O)C(c2ccsc2)O1. The van der Waals surface area contributed by atoms with Crippen LogP contribution in [0.4, 0.5) is 0 Å². The lowest BCUT2D eigenvalue weighted by molar-refractivity contribution is -0.146. The third-order valence-electron chi connectivity index (χ3n) is 2.52. The Morgan fingerprint density at radius 2 is 2.22 bits per heavy atom. The summed E-state index contributed by atoms with van der Waals surface area (Å²) in [5.74, 6) is -0.780. The number of nitrogens with one attached hydrogen (secondary N) is 1. The molecule has 0 bridgehead atoms. The van der Waals surface area contributed by atoms with Crippen molar-refractivity contribution >= 4 is 21.6 Å². The van der Waals surface area contributed by atoms with Gasteiger partial charge in [-0.1, -0.05) is 0 Å². The second-order valence-corrected chi connectivity index (χ2v) is 6.49. The normalized spacial score (nSPS) is 27.5. The van der Waals surface area contributed by atoms with E-state index in [9.17, 15) is 8.42 Å². The van der Waals surface area contributed by atoms with Crippen molar-refractivity contribution in [3.05, 3.63) is 22.4 Å². The van der Waals surface area contributed by atoms with Gasteiger partial charge in [-0.3, -0.25) is 4.55 Å². The number of hydrogen-bond donors (Lipinski definition) is 2. The van der Waals surface area contributed by atoms with Crippen LogP contribution in [0, 0.1) is 0 Å². The van der Waals surface area contributed by atoms with E-state index in [2.05, 4.69) is 0 Å². The summed E-state index contributed by atoms with van der Waals surface area (Å²) in [5, 5.41) is 3.84. The fraction of sp³-hybridized carbons (Fsp3) is 0.600. The lowest BCUT2D eigenvalue weighted by atomic mass is 10.1. The van der Waals surface area contributed by atoms with E-state index in [1.165, 1.54) is 11.3 Å². The molecule has 1 aliphatic rings. The van der Waals surface area contributed by atoms with Crippen LogP contribution in [0.3, 0.4) is 0 Å². The van der Waals surface area contributed by atoms with Gasteiger partial charge in [0.15, 0.2) is 5.79 Å². The molecule has 1 fully saturated rings. The molecule has 0 saturated carbocycles. The molecule has 2 atom stereocenters. The number of rotatable bonds is 4. The summed E-state index contributed by atoms with van der Waals surface area (Å²) in [6, 6.07) is 1.90. The van der Waals surface area contributed by atoms with Gasteiger partial charge >= 0.3 is 10.3 Å². The maximum Gasteiger partial charge on any atom is 0.333 e. The van der Waals surface area contributed by atoms with Gasteiger partial charge in [-0.05, 0) is 36.2 Å². The van der Waals surface area contributed by atoms with Crippen molar-refractivity contribution in [2.24, 2.45) is 0 Å². The molecule has 2 N–H and O–H groups in total. The summed E-state index contributed by atoms with van der Waals surface area (Å²) in [6.07, 6.45) is -0.822. The number of ether oxygens (including phenoxy) is 2. The van der Waals surface area contributed by atoms with Gasteiger partial charge in [-0.15, -0.1) is 0 Å². The fourth-order valence-corrected chi connectivity index (χ4v) is 2.95. The van der Waals surface area contributed by atoms with Gasteiger partial charge in [0, 0.05) is 6.54 Å². The highest BCUT2D eigenvalue weighted by Gasteiger charge is 2.42. The predicted octanol–water partition coefficient (Wildman–Crippen LogP) is 1.33. The lowest BCUT2D eigenvalue weighted by Gasteiger charge is -2.16. The lowest BCUT2D eigenvalue weighted by Crippen LogP contribution is -2.34. The monoisotopic (exact) mass is 293 g/mol. The molecular weight excluding hydrogens is 278 g/mol. The van der Waals surface area contributed by atoms with E-state index < -0.39 is 22.2 Å². The van der Waals surface area contributed by atoms with E-state index >= 15 is 0 Å². The molecule has 2 rings (SSSR count). The van der Waals surface area contributed by atoms with Gasteiger partial charge in [0.25, 0.3) is 0 Å². The van der Waals surface area contributed by atoms with Crippen LogP contribution in [0.5, 0.6) is 0 Å². The molecular formula is C10H15NO5S2. The fourth-order valence-electron chi connectivity index (χ4n) is 1.89. The van der Waals surface area contributed by atoms with Gasteiger partial charge in [-0.25, -0.2) is 0 Å². The Labute approximate surface area is 110 Å². The third kappa shape index (κ3) is 3.50. The molecule has 18 heavy (non-hydrogen) atoms. The molecule has 2 heterocycles. The molecule has 6 nitrogen and oxygen atoms in total. The van der Waals surface area contributed by atoms with E-state index in [0.717, 1.165) is 5.56 Å². The second-order valence-electron chi connectivity index (χ2n) is 4.47. The first-order valence-electron chi connectivity index (χ1n) is 5.37. The van der Waals surface area contributed by atoms with Crippen molar-refractivity contribution in [1.82, 2.24) is 4.72 Å². The second kappa shape index (κ2) is 4.87. The van der Waals surface area contributed by atoms with Crippen molar-refractivity contribution in [3.63, 3.8) is 0 Å². The van der Waals surface area contributed by atoms with E-state index in [-0.39, 0.29) is 12.6 Å². The minimum atomic E-state index is -4.22. The molecule has 1 aromatic heterocycles. The smallest absolute Gasteiger partial charge is 0.333 e. The highest BCUT2D eigenvalue weighted by atomic mass is 32.2. The molecule has 0 aliphatic carbocycles. The highest BCUT2D eigenvalue weighted by molar-refractivity contribution is 7.83. The Kier molecular flexibility index (Phi) is 3.77. The standard InChI is InChI=1S/C10H15NO5S2/c1-10(2)15-8(5-11-18(12,13)14)9(16-10)7-3-4-17-6-7/h3-4,6,8-9,11H,5H2,1-2H3,(H,12,13,14). The Morgan fingerprint density at radius 1 is 1.50 bits per heavy atom. The van der Waals surface area contributed by atoms with Crippen molar-refractivity contribution < 1.29 is 22.4 Å². The van der Waals surface area contributed by atoms with Crippen LogP contribution in [0.15, 0.2) is 16.8 Å². The highest BCUT2D eigenvalue weighted by Crippen LogP contribution is 2.38. The molecule has 0 spiro atoms. The molecule has 0 aromatic carbocycles. The van der Waals surface area contributed by atoms with E-state index in [0.29, 0.717) is 0 Å². The number of thiophene rings is 1. The van der Waals surface area contributed by atoms with Gasteiger partial charge in [0.2, 0.25) is 0 Å². The molecule has 0 radical (unpaired) electrons. The average molecular weight is 293 g/mol. The first kappa shape index (κ1) is 13.9. The predicted molar refractivity (Wildman–Crippen MR) is 66.6 cm³/mol. The zero-order chi connectivity index (χ0) is 13.4. The summed E-state index contributed by atoms with van der Waals surface area (Å²) in [5.41, 5.74) is 0.938. The Balaban J connectivity index is 2.11. The maximum atomic E-state index is 10.7. The molecule has 1 aromatic rings. The zero-order valence-corrected chi connectivity index (χ0v) is 11.6. The van der Waals surface area contributed by atoms with E-state index in [1.807, 2.05) is 21.5 Å². The van der Waals surface area contributed by atoms with E-state index in [1.54, 1.807) is 13.8 Å². The van der Waals surface area contributed by atoms with Crippen LogP contribution < -0.4 is 4.72 Å². The minimum absolute atomic E-state index is 0.0389. The molecule has 2 unspecified atom stereocenters. The van der Waals surface area contributed by atoms with Crippen molar-refractivity contribution in [2.75, 3.05) is 6.54 Å². The Hall–Kier alpha value is -0.510. The molecule has 1 saturated heterocycles. The maximum absolute atomic E-state index is 10.7. The Morgan fingerprint density at radius 3 is 2.78 bits per heavy atom. The van der Waals surface area contributed by atoms with Gasteiger partial charge in [-0.2, -0.15) is 24.5 Å². The quantitative estimate of drug-likeness (QED) is 0.818. The van der Waals surface area contributed by atoms with Crippen LogP contribution in [-0.4, -0.2) is 31.4 Å². The van der Waals surface area contributed by atoms with Crippen LogP contribution in [0.2, 0.25) is 0 Å².